The summed E-state index contributed by atoms with van der Waals surface area (Å²) in [5, 5.41) is 0. The van der Waals surface area contributed by atoms with Crippen LogP contribution in [0.4, 0.5) is 0 Å². The Morgan fingerprint density at radius 2 is 1.44 bits per heavy atom. The van der Waals surface area contributed by atoms with Crippen LogP contribution in [0.5, 0.6) is 0 Å². The molecular formula is C24H34BBrN3O6S. The summed E-state index contributed by atoms with van der Waals surface area (Å²) in [5.74, 6) is -0.725. The van der Waals surface area contributed by atoms with E-state index in [2.05, 4.69) is 50.7 Å². The number of carbonyl (C=O) groups excluding carboxylic acids is 2. The van der Waals surface area contributed by atoms with E-state index in [1.807, 2.05) is 24.3 Å². The van der Waals surface area contributed by atoms with Crippen molar-refractivity contribution in [2.75, 3.05) is 40.6 Å². The average Bonchev–Trinajstić information content (AvgIpc) is 2.86. The summed E-state index contributed by atoms with van der Waals surface area (Å²) in [5.41, 5.74) is 2.61. The van der Waals surface area contributed by atoms with Gasteiger partial charge in [0, 0.05) is 33.6 Å². The van der Waals surface area contributed by atoms with Crippen LogP contribution in [0.15, 0.2) is 39.4 Å². The molecule has 0 bridgehead atoms. The van der Waals surface area contributed by atoms with Crippen LogP contribution in [0.25, 0.3) is 0 Å². The molecule has 1 radical (unpaired) electrons. The number of ether oxygens (including phenoxy) is 4. The Kier molecular flexibility index (Phi) is 20.8. The Morgan fingerprint density at radius 3 is 1.94 bits per heavy atom. The molecular weight excluding hydrogens is 549 g/mol. The van der Waals surface area contributed by atoms with Crippen molar-refractivity contribution in [3.05, 3.63) is 57.6 Å². The fraction of sp³-hybridized carbons (Fsp3) is 0.500. The third-order valence-electron chi connectivity index (χ3n) is 4.36. The fourth-order valence-electron chi connectivity index (χ4n) is 2.88. The van der Waals surface area contributed by atoms with Gasteiger partial charge >= 0.3 is 36.7 Å². The molecule has 0 amide bonds. The van der Waals surface area contributed by atoms with E-state index < -0.39 is 0 Å². The third-order valence-corrected chi connectivity index (χ3v) is 4.80. The normalized spacial score (nSPS) is 9.69. The Labute approximate surface area is 228 Å². The van der Waals surface area contributed by atoms with Crippen LogP contribution in [0, 0.1) is 0 Å². The van der Waals surface area contributed by atoms with E-state index in [-0.39, 0.29) is 11.9 Å². The molecule has 197 valence electrons. The number of halogens is 1. The third kappa shape index (κ3) is 14.4. The standard InChI is InChI=1S/C12H16BrNO3.C12H17NO3.BHNS/c1-3-17-12(15)11-9(5-4-8-16-2)6-7-10(13)14-11;1-3-16-12(14)11-10(6-4-8-13-11)7-5-9-15-2;1-2-3/h6-7H,3-5,8H2,1-2H3;4,6,8H,3,5,7,9H2,1-2H3;3H. The summed E-state index contributed by atoms with van der Waals surface area (Å²) in [7, 11) is 7.66. The molecule has 0 aliphatic carbocycles. The van der Waals surface area contributed by atoms with Crippen molar-refractivity contribution in [2.45, 2.75) is 39.5 Å². The predicted octanol–water partition coefficient (Wildman–Crippen LogP) is 4.62. The van der Waals surface area contributed by atoms with Crippen molar-refractivity contribution in [1.82, 2.24) is 9.97 Å². The number of nitrogens with zero attached hydrogens (tertiary/aromatic N) is 3. The molecule has 0 N–H and O–H groups in total. The second kappa shape index (κ2) is 22.1. The Morgan fingerprint density at radius 1 is 0.944 bits per heavy atom. The molecule has 0 unspecified atom stereocenters. The quantitative estimate of drug-likeness (QED) is 0.127. The average molecular weight is 583 g/mol. The minimum absolute atomic E-state index is 0.351. The van der Waals surface area contributed by atoms with Crippen molar-refractivity contribution in [3.8, 4) is 0 Å². The van der Waals surface area contributed by atoms with Gasteiger partial charge in [0.05, 0.1) is 13.2 Å². The summed E-state index contributed by atoms with van der Waals surface area (Å²) in [6.45, 7) is 5.62. The Balaban J connectivity index is 0.000000614. The molecule has 2 heterocycles. The zero-order valence-corrected chi connectivity index (χ0v) is 23.7. The number of hydrogen-bond donors (Lipinski definition) is 1. The number of aryl methyl sites for hydroxylation is 2. The summed E-state index contributed by atoms with van der Waals surface area (Å²) >= 11 is 6.45. The van der Waals surface area contributed by atoms with E-state index in [4.69, 9.17) is 18.9 Å². The van der Waals surface area contributed by atoms with Crippen LogP contribution < -0.4 is 0 Å². The van der Waals surface area contributed by atoms with Crippen molar-refractivity contribution >= 4 is 48.3 Å². The zero-order chi connectivity index (χ0) is 27.2. The first-order valence-corrected chi connectivity index (χ1v) is 12.5. The molecule has 9 nitrogen and oxygen atoms in total. The molecule has 0 aromatic carbocycles. The second-order valence-corrected chi connectivity index (χ2v) is 7.95. The summed E-state index contributed by atoms with van der Waals surface area (Å²) in [6, 6.07) is 7.43. The van der Waals surface area contributed by atoms with Gasteiger partial charge < -0.3 is 18.9 Å². The van der Waals surface area contributed by atoms with E-state index in [0.29, 0.717) is 42.4 Å². The zero-order valence-electron chi connectivity index (χ0n) is 21.2. The number of methoxy groups -OCH3 is 2. The summed E-state index contributed by atoms with van der Waals surface area (Å²) in [4.78, 5) is 31.5. The Bertz CT molecular complexity index is 923. The van der Waals surface area contributed by atoms with Crippen molar-refractivity contribution in [3.63, 3.8) is 0 Å². The van der Waals surface area contributed by atoms with Crippen molar-refractivity contribution in [1.29, 1.82) is 0 Å². The number of rotatable bonds is 12. The maximum absolute atomic E-state index is 11.7. The topological polar surface area (TPSA) is 109 Å². The molecule has 2 rings (SSSR count). The molecule has 0 saturated heterocycles. The SMILES string of the molecule is CCOC(=O)c1nc(Br)ccc1CCCOC.CCOC(=O)c1ncccc1CCCOC.[B]=NS. The molecule has 2 aromatic rings. The van der Waals surface area contributed by atoms with Crippen molar-refractivity contribution < 1.29 is 28.5 Å². The molecule has 12 heteroatoms. The predicted molar refractivity (Wildman–Crippen MR) is 146 cm³/mol. The van der Waals surface area contributed by atoms with Gasteiger partial charge in [-0.05, 0) is 78.7 Å². The molecule has 0 saturated carbocycles. The summed E-state index contributed by atoms with van der Waals surface area (Å²) in [6.07, 6.45) is 4.85. The number of pyridine rings is 2. The fourth-order valence-corrected chi connectivity index (χ4v) is 3.19. The minimum atomic E-state index is -0.374. The monoisotopic (exact) mass is 582 g/mol. The van der Waals surface area contributed by atoms with Gasteiger partial charge in [0.1, 0.15) is 4.60 Å². The van der Waals surface area contributed by atoms with Gasteiger partial charge in [0.2, 0.25) is 0 Å². The number of thiol groups is 1. The molecule has 0 aliphatic rings. The first-order chi connectivity index (χ1) is 17.4. The van der Waals surface area contributed by atoms with Gasteiger partial charge in [-0.1, -0.05) is 12.1 Å². The van der Waals surface area contributed by atoms with E-state index in [9.17, 15) is 9.59 Å². The van der Waals surface area contributed by atoms with Gasteiger partial charge in [-0.3, -0.25) is 0 Å². The van der Waals surface area contributed by atoms with Gasteiger partial charge in [-0.25, -0.2) is 19.6 Å². The van der Waals surface area contributed by atoms with Crippen LogP contribution in [0.1, 0.15) is 58.8 Å². The van der Waals surface area contributed by atoms with E-state index in [1.54, 1.807) is 34.3 Å². The number of hydrogen-bond acceptors (Lipinski definition) is 10. The van der Waals surface area contributed by atoms with Crippen molar-refractivity contribution in [2.24, 2.45) is 4.30 Å². The van der Waals surface area contributed by atoms with E-state index >= 15 is 0 Å². The number of carbonyl (C=O) groups is 2. The van der Waals surface area contributed by atoms with E-state index in [1.165, 1.54) is 0 Å². The number of aromatic nitrogens is 2. The van der Waals surface area contributed by atoms with Gasteiger partial charge in [0.25, 0.3) is 0 Å². The molecule has 0 atom stereocenters. The van der Waals surface area contributed by atoms with Crippen LogP contribution in [0.3, 0.4) is 0 Å². The van der Waals surface area contributed by atoms with Gasteiger partial charge in [-0.2, -0.15) is 0 Å². The van der Waals surface area contributed by atoms with Crippen LogP contribution in [-0.2, 0) is 31.8 Å². The molecule has 2 aromatic heterocycles. The second-order valence-electron chi connectivity index (χ2n) is 6.90. The van der Waals surface area contributed by atoms with E-state index in [0.717, 1.165) is 36.8 Å². The first kappa shape index (κ1) is 33.9. The maximum atomic E-state index is 11.7. The number of esters is 2. The van der Waals surface area contributed by atoms with Gasteiger partial charge in [0.15, 0.2) is 11.4 Å². The van der Waals surface area contributed by atoms with Crippen LogP contribution in [-0.4, -0.2) is 70.2 Å². The molecule has 0 spiro atoms. The molecule has 0 fully saturated rings. The van der Waals surface area contributed by atoms with Crippen LogP contribution in [0.2, 0.25) is 0 Å². The Hall–Kier alpha value is -2.15. The summed E-state index contributed by atoms with van der Waals surface area (Å²) < 4.78 is 23.2. The molecule has 0 aliphatic heterocycles. The first-order valence-electron chi connectivity index (χ1n) is 11.4. The molecule has 36 heavy (non-hydrogen) atoms. The van der Waals surface area contributed by atoms with Gasteiger partial charge in [-0.15, -0.1) is 0 Å². The van der Waals surface area contributed by atoms with Crippen LogP contribution >= 0.6 is 28.7 Å².